The topological polar surface area (TPSA) is 84.2 Å². The lowest BCUT2D eigenvalue weighted by Gasteiger charge is -2.07. The molecule has 0 bridgehead atoms. The van der Waals surface area contributed by atoms with Crippen molar-refractivity contribution in [2.24, 2.45) is 5.73 Å². The zero-order chi connectivity index (χ0) is 13.9. The molecule has 1 heterocycles. The average Bonchev–Trinajstić information content (AvgIpc) is 2.52. The summed E-state index contributed by atoms with van der Waals surface area (Å²) in [4.78, 5) is 23.4. The number of nitrogens with two attached hydrogens (primary N) is 1. The van der Waals surface area contributed by atoms with Crippen molar-refractivity contribution in [1.82, 2.24) is 5.32 Å². The third-order valence-corrected chi connectivity index (χ3v) is 3.59. The van der Waals surface area contributed by atoms with Crippen LogP contribution in [0.1, 0.15) is 34.6 Å². The van der Waals surface area contributed by atoms with Gasteiger partial charge in [0.2, 0.25) is 5.91 Å². The number of nitrogens with one attached hydrogen (secondary N) is 2. The van der Waals surface area contributed by atoms with Gasteiger partial charge in [0.25, 0.3) is 5.91 Å². The van der Waals surface area contributed by atoms with Crippen LogP contribution in [0, 0.1) is 6.92 Å². The van der Waals surface area contributed by atoms with E-state index in [1.807, 2.05) is 13.8 Å². The van der Waals surface area contributed by atoms with Crippen molar-refractivity contribution in [3.63, 3.8) is 0 Å². The third kappa shape index (κ3) is 3.27. The predicted octanol–water partition coefficient (Wildman–Crippen LogP) is 1.55. The number of hydrogen-bond acceptors (Lipinski definition) is 4. The van der Waals surface area contributed by atoms with Gasteiger partial charge < -0.3 is 16.4 Å². The van der Waals surface area contributed by atoms with Gasteiger partial charge >= 0.3 is 0 Å². The van der Waals surface area contributed by atoms with Crippen molar-refractivity contribution in [1.29, 1.82) is 0 Å². The molecule has 0 unspecified atom stereocenters. The van der Waals surface area contributed by atoms with E-state index in [9.17, 15) is 9.59 Å². The largest absolute Gasteiger partial charge is 0.365 e. The number of primary amides is 1. The van der Waals surface area contributed by atoms with E-state index in [0.29, 0.717) is 10.6 Å². The minimum absolute atomic E-state index is 0.161. The van der Waals surface area contributed by atoms with E-state index in [0.717, 1.165) is 16.9 Å². The second kappa shape index (κ2) is 5.92. The number of rotatable bonds is 3. The fourth-order valence-corrected chi connectivity index (χ4v) is 3.11. The Balaban J connectivity index is 3.06. The quantitative estimate of drug-likeness (QED) is 0.736. The molecule has 0 spiro atoms. The maximum atomic E-state index is 11.5. The zero-order valence-corrected chi connectivity index (χ0v) is 12.1. The van der Waals surface area contributed by atoms with Gasteiger partial charge in [-0.05, 0) is 31.1 Å². The summed E-state index contributed by atoms with van der Waals surface area (Å²) in [5.41, 5.74) is 6.75. The first-order chi connectivity index (χ1) is 8.36. The standard InChI is InChI=1S/C11H15N3O2S2/c1-4-7-5(2)18-10(8(7)9(12)16)14-11(17)13-6(3)15/h4H2,1-3H3,(H2,12,16)(H2,13,14,15,17). The van der Waals surface area contributed by atoms with E-state index in [4.69, 9.17) is 18.0 Å². The Labute approximate surface area is 115 Å². The molecule has 1 aromatic heterocycles. The Morgan fingerprint density at radius 3 is 2.50 bits per heavy atom. The van der Waals surface area contributed by atoms with Crippen LogP contribution in [0.2, 0.25) is 0 Å². The SMILES string of the molecule is CCc1c(C)sc(NC(=S)NC(C)=O)c1C(N)=O. The highest BCUT2D eigenvalue weighted by Gasteiger charge is 2.19. The van der Waals surface area contributed by atoms with Crippen LogP contribution < -0.4 is 16.4 Å². The Morgan fingerprint density at radius 2 is 2.06 bits per heavy atom. The van der Waals surface area contributed by atoms with Gasteiger partial charge in [-0.15, -0.1) is 11.3 Å². The van der Waals surface area contributed by atoms with Crippen LogP contribution >= 0.6 is 23.6 Å². The lowest BCUT2D eigenvalue weighted by atomic mass is 10.1. The number of thiophene rings is 1. The first kappa shape index (κ1) is 14.6. The Bertz CT molecular complexity index is 509. The van der Waals surface area contributed by atoms with Gasteiger partial charge in [-0.1, -0.05) is 6.92 Å². The molecule has 0 saturated heterocycles. The Kier molecular flexibility index (Phi) is 4.80. The predicted molar refractivity (Wildman–Crippen MR) is 77.0 cm³/mol. The molecule has 5 nitrogen and oxygen atoms in total. The second-order valence-corrected chi connectivity index (χ2v) is 5.33. The van der Waals surface area contributed by atoms with Crippen LogP contribution in [-0.4, -0.2) is 16.9 Å². The maximum absolute atomic E-state index is 11.5. The number of thiocarbonyl (C=S) groups is 1. The number of carbonyl (C=O) groups excluding carboxylic acids is 2. The molecule has 0 fully saturated rings. The summed E-state index contributed by atoms with van der Waals surface area (Å²) >= 11 is 6.36. The molecule has 0 aliphatic rings. The first-order valence-corrected chi connectivity index (χ1v) is 6.59. The minimum Gasteiger partial charge on any atom is -0.365 e. The molecule has 1 rings (SSSR count). The summed E-state index contributed by atoms with van der Waals surface area (Å²) < 4.78 is 0. The average molecular weight is 285 g/mol. The van der Waals surface area contributed by atoms with E-state index >= 15 is 0 Å². The normalized spacial score (nSPS) is 9.94. The molecule has 0 aliphatic carbocycles. The van der Waals surface area contributed by atoms with Crippen LogP contribution in [0.5, 0.6) is 0 Å². The smallest absolute Gasteiger partial charge is 0.251 e. The molecule has 1 aromatic rings. The van der Waals surface area contributed by atoms with Crippen molar-refractivity contribution in [3.05, 3.63) is 16.0 Å². The highest BCUT2D eigenvalue weighted by atomic mass is 32.1. The van der Waals surface area contributed by atoms with Gasteiger partial charge in [0.05, 0.1) is 5.56 Å². The Morgan fingerprint density at radius 1 is 1.44 bits per heavy atom. The zero-order valence-electron chi connectivity index (χ0n) is 10.4. The van der Waals surface area contributed by atoms with Crippen LogP contribution in [0.25, 0.3) is 0 Å². The van der Waals surface area contributed by atoms with Gasteiger partial charge in [-0.2, -0.15) is 0 Å². The van der Waals surface area contributed by atoms with Crippen LogP contribution in [0.3, 0.4) is 0 Å². The second-order valence-electron chi connectivity index (χ2n) is 3.69. The first-order valence-electron chi connectivity index (χ1n) is 5.37. The van der Waals surface area contributed by atoms with Crippen molar-refractivity contribution in [3.8, 4) is 0 Å². The van der Waals surface area contributed by atoms with Crippen LogP contribution in [-0.2, 0) is 11.2 Å². The van der Waals surface area contributed by atoms with Gasteiger partial charge in [0.15, 0.2) is 5.11 Å². The summed E-state index contributed by atoms with van der Waals surface area (Å²) in [7, 11) is 0. The molecular weight excluding hydrogens is 270 g/mol. The molecule has 0 atom stereocenters. The fraction of sp³-hybridized carbons (Fsp3) is 0.364. The van der Waals surface area contributed by atoms with Gasteiger partial charge in [-0.3, -0.25) is 9.59 Å². The van der Waals surface area contributed by atoms with Crippen molar-refractivity contribution >= 4 is 45.5 Å². The molecule has 7 heteroatoms. The highest BCUT2D eigenvalue weighted by molar-refractivity contribution is 7.80. The number of anilines is 1. The van der Waals surface area contributed by atoms with E-state index in [1.165, 1.54) is 18.3 Å². The number of hydrogen-bond donors (Lipinski definition) is 3. The molecular formula is C11H15N3O2S2. The number of carbonyl (C=O) groups is 2. The minimum atomic E-state index is -0.496. The number of aryl methyl sites for hydroxylation is 1. The third-order valence-electron chi connectivity index (χ3n) is 2.33. The Hall–Kier alpha value is -1.47. The molecule has 98 valence electrons. The molecule has 0 radical (unpaired) electrons. The summed E-state index contributed by atoms with van der Waals surface area (Å²) in [6.45, 7) is 5.24. The molecule has 4 N–H and O–H groups in total. The summed E-state index contributed by atoms with van der Waals surface area (Å²) in [5, 5.41) is 6.02. The summed E-state index contributed by atoms with van der Waals surface area (Å²) in [6, 6.07) is 0. The van der Waals surface area contributed by atoms with E-state index in [1.54, 1.807) is 0 Å². The van der Waals surface area contributed by atoms with Crippen molar-refractivity contribution in [2.75, 3.05) is 5.32 Å². The molecule has 18 heavy (non-hydrogen) atoms. The maximum Gasteiger partial charge on any atom is 0.251 e. The lowest BCUT2D eigenvalue weighted by molar-refractivity contribution is -0.117. The molecule has 2 amide bonds. The summed E-state index contributed by atoms with van der Waals surface area (Å²) in [5.74, 6) is -0.763. The van der Waals surface area contributed by atoms with Crippen molar-refractivity contribution < 1.29 is 9.59 Å². The highest BCUT2D eigenvalue weighted by Crippen LogP contribution is 2.32. The van der Waals surface area contributed by atoms with Crippen molar-refractivity contribution in [2.45, 2.75) is 27.2 Å². The lowest BCUT2D eigenvalue weighted by Crippen LogP contribution is -2.32. The molecule has 0 saturated carbocycles. The van der Waals surface area contributed by atoms with Gasteiger partial charge in [0, 0.05) is 11.8 Å². The monoisotopic (exact) mass is 285 g/mol. The number of amides is 2. The van der Waals surface area contributed by atoms with Gasteiger partial charge in [-0.25, -0.2) is 0 Å². The van der Waals surface area contributed by atoms with Crippen LogP contribution in [0.15, 0.2) is 0 Å². The van der Waals surface area contributed by atoms with E-state index < -0.39 is 5.91 Å². The molecule has 0 aromatic carbocycles. The molecule has 0 aliphatic heterocycles. The summed E-state index contributed by atoms with van der Waals surface area (Å²) in [6.07, 6.45) is 0.717. The fourth-order valence-electron chi connectivity index (χ4n) is 1.65. The van der Waals surface area contributed by atoms with Crippen LogP contribution in [0.4, 0.5) is 5.00 Å². The van der Waals surface area contributed by atoms with Gasteiger partial charge in [0.1, 0.15) is 5.00 Å². The van der Waals surface area contributed by atoms with E-state index in [-0.39, 0.29) is 11.0 Å². The van der Waals surface area contributed by atoms with E-state index in [2.05, 4.69) is 10.6 Å².